The minimum atomic E-state index is -3.81. The van der Waals surface area contributed by atoms with E-state index >= 15 is 0 Å². The quantitative estimate of drug-likeness (QED) is 0.380. The number of benzene rings is 1. The molecule has 1 aromatic carbocycles. The number of nitrogens with zero attached hydrogens (tertiary/aromatic N) is 1. The molecule has 0 amide bonds. The molecule has 1 aromatic heterocycles. The first-order valence-electron chi connectivity index (χ1n) is 12.2. The summed E-state index contributed by atoms with van der Waals surface area (Å²) >= 11 is 1.25. The Hall–Kier alpha value is -2.23. The molecule has 0 aliphatic heterocycles. The standard InChI is InChI=1S/C27H39NO6S2/c1-9-27(10-2,20-11-12-21(18(3)15-20)34-17-22(29)26(5,6)7)23-16-19(4)25(35-23)36(32,33)28(8)14-13-24(30)31/h11-12,15-16H,9-10,13-14,17H2,1-8H3,(H,30,31). The molecule has 1 heterocycles. The van der Waals surface area contributed by atoms with E-state index in [1.54, 1.807) is 6.92 Å². The monoisotopic (exact) mass is 537 g/mol. The van der Waals surface area contributed by atoms with E-state index in [-0.39, 0.29) is 29.6 Å². The molecular weight excluding hydrogens is 498 g/mol. The van der Waals surface area contributed by atoms with Gasteiger partial charge in [0.2, 0.25) is 0 Å². The molecule has 200 valence electrons. The Morgan fingerprint density at radius 1 is 1.06 bits per heavy atom. The molecule has 0 spiro atoms. The van der Waals surface area contributed by atoms with Crippen LogP contribution in [-0.4, -0.2) is 49.8 Å². The summed E-state index contributed by atoms with van der Waals surface area (Å²) in [6.45, 7) is 13.4. The number of rotatable bonds is 12. The topological polar surface area (TPSA) is 101 Å². The molecular formula is C27H39NO6S2. The van der Waals surface area contributed by atoms with Crippen LogP contribution >= 0.6 is 11.3 Å². The number of Topliss-reactive ketones (excluding diaryl/α,β-unsaturated/α-hetero) is 1. The summed E-state index contributed by atoms with van der Waals surface area (Å²) in [5, 5.41) is 8.95. The Morgan fingerprint density at radius 2 is 1.67 bits per heavy atom. The lowest BCUT2D eigenvalue weighted by Gasteiger charge is -2.32. The highest BCUT2D eigenvalue weighted by Crippen LogP contribution is 2.45. The predicted octanol–water partition coefficient (Wildman–Crippen LogP) is 5.56. The molecule has 0 unspecified atom stereocenters. The lowest BCUT2D eigenvalue weighted by atomic mass is 9.74. The third kappa shape index (κ3) is 6.36. The second kappa shape index (κ2) is 11.4. The second-order valence-electron chi connectivity index (χ2n) is 10.3. The van der Waals surface area contributed by atoms with Crippen molar-refractivity contribution >= 4 is 33.1 Å². The van der Waals surface area contributed by atoms with Crippen molar-refractivity contribution in [3.8, 4) is 5.75 Å². The smallest absolute Gasteiger partial charge is 0.304 e. The van der Waals surface area contributed by atoms with Gasteiger partial charge in [-0.3, -0.25) is 9.59 Å². The van der Waals surface area contributed by atoms with Crippen molar-refractivity contribution in [3.63, 3.8) is 0 Å². The summed E-state index contributed by atoms with van der Waals surface area (Å²) in [4.78, 5) is 24.2. The van der Waals surface area contributed by atoms with Gasteiger partial charge in [-0.15, -0.1) is 11.3 Å². The van der Waals surface area contributed by atoms with E-state index in [0.717, 1.165) is 33.2 Å². The first-order valence-corrected chi connectivity index (χ1v) is 14.4. The average molecular weight is 538 g/mol. The minimum Gasteiger partial charge on any atom is -0.486 e. The summed E-state index contributed by atoms with van der Waals surface area (Å²) in [5.41, 5.74) is 1.76. The van der Waals surface area contributed by atoms with Crippen LogP contribution in [0.15, 0.2) is 28.5 Å². The molecule has 0 bridgehead atoms. The van der Waals surface area contributed by atoms with Crippen molar-refractivity contribution in [2.45, 2.75) is 77.4 Å². The number of carbonyl (C=O) groups excluding carboxylic acids is 1. The van der Waals surface area contributed by atoms with Crippen molar-refractivity contribution in [1.29, 1.82) is 0 Å². The first-order chi connectivity index (χ1) is 16.6. The van der Waals surface area contributed by atoms with Gasteiger partial charge in [0.05, 0.1) is 6.42 Å². The lowest BCUT2D eigenvalue weighted by Crippen LogP contribution is -2.29. The van der Waals surface area contributed by atoms with Crippen LogP contribution in [0.25, 0.3) is 0 Å². The zero-order valence-electron chi connectivity index (χ0n) is 22.6. The van der Waals surface area contributed by atoms with Crippen LogP contribution in [0.1, 0.15) is 75.4 Å². The van der Waals surface area contributed by atoms with E-state index in [1.165, 1.54) is 18.4 Å². The number of hydrogen-bond donors (Lipinski definition) is 1. The van der Waals surface area contributed by atoms with Gasteiger partial charge in [0.25, 0.3) is 10.0 Å². The summed E-state index contributed by atoms with van der Waals surface area (Å²) in [7, 11) is -2.40. The van der Waals surface area contributed by atoms with Crippen LogP contribution in [0.2, 0.25) is 0 Å². The van der Waals surface area contributed by atoms with Crippen LogP contribution in [-0.2, 0) is 25.0 Å². The largest absolute Gasteiger partial charge is 0.486 e. The van der Waals surface area contributed by atoms with Crippen molar-refractivity contribution < 1.29 is 27.9 Å². The van der Waals surface area contributed by atoms with Gasteiger partial charge < -0.3 is 9.84 Å². The SMILES string of the molecule is CCC(CC)(c1ccc(OCC(=O)C(C)(C)C)c(C)c1)c1cc(C)c(S(=O)(=O)N(C)CCC(=O)O)s1. The van der Waals surface area contributed by atoms with Gasteiger partial charge in [0.1, 0.15) is 16.6 Å². The fourth-order valence-electron chi connectivity index (χ4n) is 4.09. The number of hydrogen-bond acceptors (Lipinski definition) is 6. The molecule has 2 rings (SSSR count). The minimum absolute atomic E-state index is 0.0110. The van der Waals surface area contributed by atoms with Crippen LogP contribution in [0, 0.1) is 19.3 Å². The van der Waals surface area contributed by atoms with E-state index in [4.69, 9.17) is 9.84 Å². The van der Waals surface area contributed by atoms with Gasteiger partial charge >= 0.3 is 5.97 Å². The van der Waals surface area contributed by atoms with Gasteiger partial charge in [-0.2, -0.15) is 4.31 Å². The molecule has 0 aliphatic carbocycles. The molecule has 2 aromatic rings. The summed E-state index contributed by atoms with van der Waals surface area (Å²) < 4.78 is 33.6. The van der Waals surface area contributed by atoms with Crippen LogP contribution in [0.4, 0.5) is 0 Å². The molecule has 1 N–H and O–H groups in total. The second-order valence-corrected chi connectivity index (χ2v) is 13.6. The summed E-state index contributed by atoms with van der Waals surface area (Å²) in [6.07, 6.45) is 1.27. The van der Waals surface area contributed by atoms with E-state index in [1.807, 2.05) is 45.9 Å². The fourth-order valence-corrected chi connectivity index (χ4v) is 7.50. The van der Waals surface area contributed by atoms with E-state index in [9.17, 15) is 18.0 Å². The van der Waals surface area contributed by atoms with Crippen LogP contribution < -0.4 is 4.74 Å². The number of aliphatic carboxylic acids is 1. The molecule has 0 saturated carbocycles. The number of aryl methyl sites for hydroxylation is 2. The summed E-state index contributed by atoms with van der Waals surface area (Å²) in [6, 6.07) is 7.89. The maximum absolute atomic E-state index is 13.2. The molecule has 0 fully saturated rings. The molecule has 7 nitrogen and oxygen atoms in total. The number of carboxylic acids is 1. The van der Waals surface area contributed by atoms with Crippen molar-refractivity contribution in [3.05, 3.63) is 45.8 Å². The molecule has 0 aliphatic rings. The summed E-state index contributed by atoms with van der Waals surface area (Å²) in [5.74, 6) is -0.358. The Balaban J connectivity index is 2.44. The number of carboxylic acid groups (broad SMARTS) is 1. The van der Waals surface area contributed by atoms with Crippen molar-refractivity contribution in [2.24, 2.45) is 5.41 Å². The van der Waals surface area contributed by atoms with Crippen LogP contribution in [0.5, 0.6) is 5.75 Å². The number of carbonyl (C=O) groups is 2. The fraction of sp³-hybridized carbons (Fsp3) is 0.556. The third-order valence-electron chi connectivity index (χ3n) is 6.76. The Morgan fingerprint density at radius 3 is 2.17 bits per heavy atom. The Bertz CT molecular complexity index is 1200. The molecule has 0 radical (unpaired) electrons. The highest BCUT2D eigenvalue weighted by atomic mass is 32.2. The predicted molar refractivity (Wildman–Crippen MR) is 144 cm³/mol. The van der Waals surface area contributed by atoms with Gasteiger partial charge in [0.15, 0.2) is 5.78 Å². The van der Waals surface area contributed by atoms with E-state index < -0.39 is 26.8 Å². The van der Waals surface area contributed by atoms with Crippen molar-refractivity contribution in [1.82, 2.24) is 4.31 Å². The Labute approximate surface area is 219 Å². The highest BCUT2D eigenvalue weighted by Gasteiger charge is 2.36. The third-order valence-corrected chi connectivity index (χ3v) is 10.7. The highest BCUT2D eigenvalue weighted by molar-refractivity contribution is 7.91. The molecule has 0 atom stereocenters. The molecule has 9 heteroatoms. The van der Waals surface area contributed by atoms with E-state index in [2.05, 4.69) is 19.9 Å². The van der Waals surface area contributed by atoms with Crippen LogP contribution in [0.3, 0.4) is 0 Å². The van der Waals surface area contributed by atoms with Gasteiger partial charge in [-0.25, -0.2) is 8.42 Å². The Kier molecular flexibility index (Phi) is 9.53. The normalized spacial score (nSPS) is 12.7. The zero-order valence-corrected chi connectivity index (χ0v) is 24.2. The van der Waals surface area contributed by atoms with Gasteiger partial charge in [-0.05, 0) is 55.5 Å². The number of thiophene rings is 1. The van der Waals surface area contributed by atoms with Crippen molar-refractivity contribution in [2.75, 3.05) is 20.2 Å². The maximum atomic E-state index is 13.2. The number of ketones is 1. The molecule has 0 saturated heterocycles. The number of sulfonamides is 1. The van der Waals surface area contributed by atoms with E-state index in [0.29, 0.717) is 11.3 Å². The first kappa shape index (κ1) is 30.0. The van der Waals surface area contributed by atoms with Gasteiger partial charge in [-0.1, -0.05) is 46.8 Å². The molecule has 36 heavy (non-hydrogen) atoms. The average Bonchev–Trinajstić information content (AvgIpc) is 3.19. The zero-order chi connectivity index (χ0) is 27.5. The number of ether oxygens (including phenoxy) is 1. The maximum Gasteiger partial charge on any atom is 0.304 e. The lowest BCUT2D eigenvalue weighted by molar-refractivity contribution is -0.137. The van der Waals surface area contributed by atoms with Gasteiger partial charge in [0, 0.05) is 29.3 Å².